The number of aliphatic imine (C=N–C) groups is 1. The summed E-state index contributed by atoms with van der Waals surface area (Å²) in [5.41, 5.74) is -0.777. The number of rotatable bonds is 6. The molecule has 5 atom stereocenters. The molecule has 0 radical (unpaired) electrons. The van der Waals surface area contributed by atoms with Crippen LogP contribution >= 0.6 is 11.8 Å². The number of thioether (sulfide) groups is 1. The second kappa shape index (κ2) is 12.2. The van der Waals surface area contributed by atoms with Crippen LogP contribution in [0.5, 0.6) is 0 Å². The van der Waals surface area contributed by atoms with Crippen LogP contribution in [0.2, 0.25) is 0 Å². The molecular weight excluding hydrogens is 524 g/mol. The summed E-state index contributed by atoms with van der Waals surface area (Å²) in [7, 11) is 0. The number of ether oxygens (including phenoxy) is 4. The highest BCUT2D eigenvalue weighted by Crippen LogP contribution is 2.39. The third kappa shape index (κ3) is 6.97. The molecule has 1 amide bonds. The van der Waals surface area contributed by atoms with Crippen molar-refractivity contribution in [2.45, 2.75) is 63.1 Å². The van der Waals surface area contributed by atoms with Gasteiger partial charge in [-0.3, -0.25) is 9.89 Å². The summed E-state index contributed by atoms with van der Waals surface area (Å²) in [4.78, 5) is 44.2. The molecule has 2 aromatic rings. The first-order valence-electron chi connectivity index (χ1n) is 12.6. The number of hydrogen-bond donors (Lipinski definition) is 1. The highest BCUT2D eigenvalue weighted by molar-refractivity contribution is 8.14. The van der Waals surface area contributed by atoms with E-state index < -0.39 is 53.4 Å². The average Bonchev–Trinajstić information content (AvgIpc) is 3.33. The van der Waals surface area contributed by atoms with Crippen molar-refractivity contribution in [3.05, 3.63) is 71.8 Å². The van der Waals surface area contributed by atoms with Crippen molar-refractivity contribution >= 4 is 35.0 Å². The fourth-order valence-electron chi connectivity index (χ4n) is 4.06. The van der Waals surface area contributed by atoms with Crippen molar-refractivity contribution in [3.8, 4) is 0 Å². The molecule has 4 rings (SSSR count). The molecule has 39 heavy (non-hydrogen) atoms. The Labute approximate surface area is 231 Å². The monoisotopic (exact) mass is 556 g/mol. The van der Waals surface area contributed by atoms with Crippen LogP contribution in [0.1, 0.15) is 48.4 Å². The molecule has 2 heterocycles. The number of carbonyl (C=O) groups excluding carboxylic acids is 3. The summed E-state index contributed by atoms with van der Waals surface area (Å²) >= 11 is 1.15. The Morgan fingerprint density at radius 1 is 1.00 bits per heavy atom. The van der Waals surface area contributed by atoms with Crippen LogP contribution in [0.15, 0.2) is 65.7 Å². The highest BCUT2D eigenvalue weighted by atomic mass is 32.2. The molecule has 2 aliphatic heterocycles. The van der Waals surface area contributed by atoms with Crippen LogP contribution in [-0.2, 0) is 18.9 Å². The number of amides is 1. The molecular formula is C28H32N2O8S. The van der Waals surface area contributed by atoms with Crippen LogP contribution in [0.3, 0.4) is 0 Å². The van der Waals surface area contributed by atoms with Crippen molar-refractivity contribution in [2.24, 2.45) is 4.99 Å². The number of carbonyl (C=O) groups is 3. The second-order valence-corrected chi connectivity index (χ2v) is 11.0. The molecule has 1 fully saturated rings. The van der Waals surface area contributed by atoms with E-state index in [9.17, 15) is 19.5 Å². The van der Waals surface area contributed by atoms with E-state index in [4.69, 9.17) is 18.9 Å². The standard InChI is InChI=1S/C28H32N2O8S/c1-5-30(27(34)38-28(2,3)4)26-29-20-21(31)22(37-24(33)18-14-10-7-11-15-18)19(36-25(20)39-26)16-35-23(32)17-12-8-6-9-13-17/h6-15,19-22,25,31H,5,16H2,1-4H3/t19-,20-,21+,22+,25-/m1/s1. The summed E-state index contributed by atoms with van der Waals surface area (Å²) in [5.74, 6) is -1.25. The van der Waals surface area contributed by atoms with Crippen LogP contribution in [0, 0.1) is 0 Å². The Morgan fingerprint density at radius 3 is 2.15 bits per heavy atom. The number of fused-ring (bicyclic) bond motifs is 1. The van der Waals surface area contributed by atoms with Gasteiger partial charge in [0.1, 0.15) is 35.9 Å². The lowest BCUT2D eigenvalue weighted by atomic mass is 9.98. The number of esters is 2. The molecule has 0 aromatic heterocycles. The lowest BCUT2D eigenvalue weighted by molar-refractivity contribution is -0.167. The zero-order valence-electron chi connectivity index (χ0n) is 22.2. The van der Waals surface area contributed by atoms with E-state index in [1.165, 1.54) is 4.90 Å². The Bertz CT molecular complexity index is 1200. The highest BCUT2D eigenvalue weighted by Gasteiger charge is 2.52. The maximum atomic E-state index is 12.9. The summed E-state index contributed by atoms with van der Waals surface area (Å²) < 4.78 is 22.8. The van der Waals surface area contributed by atoms with Gasteiger partial charge in [0, 0.05) is 6.54 Å². The van der Waals surface area contributed by atoms with Crippen molar-refractivity contribution in [3.63, 3.8) is 0 Å². The normalized spacial score (nSPS) is 24.2. The van der Waals surface area contributed by atoms with Gasteiger partial charge in [-0.1, -0.05) is 48.2 Å². The summed E-state index contributed by atoms with van der Waals surface area (Å²) in [5, 5.41) is 11.6. The topological polar surface area (TPSA) is 124 Å². The van der Waals surface area contributed by atoms with E-state index in [0.717, 1.165) is 11.8 Å². The molecule has 11 heteroatoms. The number of amidine groups is 1. The Kier molecular flexibility index (Phi) is 8.94. The maximum Gasteiger partial charge on any atom is 0.416 e. The van der Waals surface area contributed by atoms with Gasteiger partial charge in [-0.25, -0.2) is 14.4 Å². The minimum absolute atomic E-state index is 0.278. The first kappa shape index (κ1) is 28.6. The van der Waals surface area contributed by atoms with Gasteiger partial charge in [-0.15, -0.1) is 0 Å². The van der Waals surface area contributed by atoms with Crippen LogP contribution in [0.25, 0.3) is 0 Å². The summed E-state index contributed by atoms with van der Waals surface area (Å²) in [6.07, 6.45) is -4.05. The molecule has 208 valence electrons. The molecule has 2 aliphatic rings. The number of aliphatic hydroxyl groups is 1. The van der Waals surface area contributed by atoms with Gasteiger partial charge in [0.05, 0.1) is 11.1 Å². The lowest BCUT2D eigenvalue weighted by Crippen LogP contribution is -2.57. The van der Waals surface area contributed by atoms with E-state index >= 15 is 0 Å². The van der Waals surface area contributed by atoms with Crippen LogP contribution in [0.4, 0.5) is 4.79 Å². The fourth-order valence-corrected chi connectivity index (χ4v) is 5.34. The Balaban J connectivity index is 1.54. The fraction of sp³-hybridized carbons (Fsp3) is 0.429. The molecule has 0 aliphatic carbocycles. The van der Waals surface area contributed by atoms with Crippen molar-refractivity contribution in [1.29, 1.82) is 0 Å². The van der Waals surface area contributed by atoms with E-state index in [2.05, 4.69) is 4.99 Å². The van der Waals surface area contributed by atoms with E-state index in [1.54, 1.807) is 88.4 Å². The molecule has 1 saturated heterocycles. The van der Waals surface area contributed by atoms with Gasteiger partial charge in [0.2, 0.25) is 0 Å². The smallest absolute Gasteiger partial charge is 0.416 e. The predicted octanol–water partition coefficient (Wildman–Crippen LogP) is 3.88. The zero-order valence-corrected chi connectivity index (χ0v) is 23.0. The molecule has 1 N–H and O–H groups in total. The zero-order chi connectivity index (χ0) is 28.2. The molecule has 0 spiro atoms. The lowest BCUT2D eigenvalue weighted by Gasteiger charge is -2.39. The number of aliphatic hydroxyl groups excluding tert-OH is 1. The van der Waals surface area contributed by atoms with Gasteiger partial charge in [-0.05, 0) is 52.0 Å². The van der Waals surface area contributed by atoms with E-state index in [0.29, 0.717) is 16.3 Å². The predicted molar refractivity (Wildman–Crippen MR) is 144 cm³/mol. The third-order valence-corrected chi connectivity index (χ3v) is 7.08. The minimum atomic E-state index is -1.29. The van der Waals surface area contributed by atoms with Crippen molar-refractivity contribution < 1.29 is 38.4 Å². The summed E-state index contributed by atoms with van der Waals surface area (Å²) in [6.45, 7) is 7.08. The van der Waals surface area contributed by atoms with Crippen LogP contribution < -0.4 is 0 Å². The molecule has 10 nitrogen and oxygen atoms in total. The number of nitrogens with zero attached hydrogens (tertiary/aromatic N) is 2. The molecule has 0 saturated carbocycles. The first-order chi connectivity index (χ1) is 18.6. The van der Waals surface area contributed by atoms with Crippen molar-refractivity contribution in [1.82, 2.24) is 4.90 Å². The average molecular weight is 557 g/mol. The molecule has 0 bridgehead atoms. The largest absolute Gasteiger partial charge is 0.459 e. The molecule has 0 unspecified atom stereocenters. The van der Waals surface area contributed by atoms with Gasteiger partial charge < -0.3 is 24.1 Å². The maximum absolute atomic E-state index is 12.9. The van der Waals surface area contributed by atoms with Gasteiger partial charge in [0.25, 0.3) is 0 Å². The Hall–Kier alpha value is -3.41. The third-order valence-electron chi connectivity index (χ3n) is 5.92. The van der Waals surface area contributed by atoms with E-state index in [-0.39, 0.29) is 13.2 Å². The first-order valence-corrected chi connectivity index (χ1v) is 13.5. The van der Waals surface area contributed by atoms with Crippen LogP contribution in [-0.4, -0.2) is 81.7 Å². The quantitative estimate of drug-likeness (QED) is 0.417. The second-order valence-electron chi connectivity index (χ2n) is 9.98. The van der Waals surface area contributed by atoms with Crippen molar-refractivity contribution in [2.75, 3.05) is 13.2 Å². The molecule has 2 aromatic carbocycles. The van der Waals surface area contributed by atoms with Gasteiger partial charge in [0.15, 0.2) is 11.3 Å². The SMILES string of the molecule is CCN(C(=O)OC(C)(C)C)C1=N[C@@H]2[C@H](O)[C@@H](OC(=O)c3ccccc3)[C@@H](COC(=O)c3ccccc3)O[C@@H]2S1. The minimum Gasteiger partial charge on any atom is -0.459 e. The van der Waals surface area contributed by atoms with E-state index in [1.807, 2.05) is 0 Å². The summed E-state index contributed by atoms with van der Waals surface area (Å²) in [6, 6.07) is 15.9. The number of benzene rings is 2. The Morgan fingerprint density at radius 2 is 1.59 bits per heavy atom. The number of hydrogen-bond acceptors (Lipinski definition) is 10. The van der Waals surface area contributed by atoms with Gasteiger partial charge in [-0.2, -0.15) is 0 Å². The van der Waals surface area contributed by atoms with Gasteiger partial charge >= 0.3 is 18.0 Å².